The highest BCUT2D eigenvalue weighted by Gasteiger charge is 2.41. The Labute approximate surface area is 111 Å². The smallest absolute Gasteiger partial charge is 0.218 e. The molecule has 1 N–H and O–H groups in total. The molecule has 0 aromatic heterocycles. The number of rotatable bonds is 5. The molecule has 2 atom stereocenters. The molecule has 1 heterocycles. The van der Waals surface area contributed by atoms with Crippen LogP contribution < -0.4 is 5.32 Å². The average Bonchev–Trinajstić information content (AvgIpc) is 2.99. The molecular formula is C13H26N2O2S. The first-order chi connectivity index (χ1) is 8.57. The Morgan fingerprint density at radius 2 is 1.89 bits per heavy atom. The number of hydrogen-bond acceptors (Lipinski definition) is 3. The molecule has 106 valence electrons. The second-order valence-corrected chi connectivity index (χ2v) is 8.08. The van der Waals surface area contributed by atoms with Crippen LogP contribution in [0.1, 0.15) is 45.4 Å². The maximum atomic E-state index is 12.6. The summed E-state index contributed by atoms with van der Waals surface area (Å²) < 4.78 is 27.0. The van der Waals surface area contributed by atoms with Gasteiger partial charge in [0.1, 0.15) is 0 Å². The highest BCUT2D eigenvalue weighted by atomic mass is 32.2. The lowest BCUT2D eigenvalue weighted by atomic mass is 9.97. The number of sulfonamides is 1. The fourth-order valence-electron chi connectivity index (χ4n) is 3.52. The Morgan fingerprint density at radius 3 is 2.50 bits per heavy atom. The van der Waals surface area contributed by atoms with Gasteiger partial charge in [0.2, 0.25) is 10.0 Å². The summed E-state index contributed by atoms with van der Waals surface area (Å²) in [6.45, 7) is 3.09. The quantitative estimate of drug-likeness (QED) is 0.828. The monoisotopic (exact) mass is 274 g/mol. The van der Waals surface area contributed by atoms with E-state index in [2.05, 4.69) is 5.32 Å². The average molecular weight is 274 g/mol. The minimum Gasteiger partial charge on any atom is -0.318 e. The molecule has 1 aliphatic carbocycles. The summed E-state index contributed by atoms with van der Waals surface area (Å²) in [5.41, 5.74) is 0. The molecule has 2 rings (SSSR count). The summed E-state index contributed by atoms with van der Waals surface area (Å²) >= 11 is 0. The van der Waals surface area contributed by atoms with Crippen LogP contribution in [0.25, 0.3) is 0 Å². The van der Waals surface area contributed by atoms with Gasteiger partial charge < -0.3 is 5.32 Å². The van der Waals surface area contributed by atoms with Crippen LogP contribution in [-0.2, 0) is 10.0 Å². The number of nitrogens with zero attached hydrogens (tertiary/aromatic N) is 1. The zero-order chi connectivity index (χ0) is 13.2. The molecule has 2 unspecified atom stereocenters. The van der Waals surface area contributed by atoms with Gasteiger partial charge in [-0.2, -0.15) is 4.31 Å². The normalized spacial score (nSPS) is 28.9. The van der Waals surface area contributed by atoms with Crippen molar-refractivity contribution in [2.45, 2.75) is 56.7 Å². The van der Waals surface area contributed by atoms with Crippen molar-refractivity contribution in [3.63, 3.8) is 0 Å². The van der Waals surface area contributed by atoms with Gasteiger partial charge in [0.05, 0.1) is 5.25 Å². The second-order valence-electron chi connectivity index (χ2n) is 5.78. The van der Waals surface area contributed by atoms with Gasteiger partial charge in [0, 0.05) is 19.1 Å². The van der Waals surface area contributed by atoms with Gasteiger partial charge in [0.25, 0.3) is 0 Å². The summed E-state index contributed by atoms with van der Waals surface area (Å²) in [6.07, 6.45) is 7.10. The predicted molar refractivity (Wildman–Crippen MR) is 74.0 cm³/mol. The molecule has 0 amide bonds. The topological polar surface area (TPSA) is 49.4 Å². The van der Waals surface area contributed by atoms with Crippen molar-refractivity contribution >= 4 is 10.0 Å². The summed E-state index contributed by atoms with van der Waals surface area (Å²) in [4.78, 5) is 0. The lowest BCUT2D eigenvalue weighted by Crippen LogP contribution is -2.45. The van der Waals surface area contributed by atoms with E-state index in [0.717, 1.165) is 19.4 Å². The van der Waals surface area contributed by atoms with E-state index < -0.39 is 10.0 Å². The zero-order valence-electron chi connectivity index (χ0n) is 11.6. The largest absolute Gasteiger partial charge is 0.318 e. The van der Waals surface area contributed by atoms with Crippen LogP contribution in [0, 0.1) is 5.92 Å². The van der Waals surface area contributed by atoms with Crippen molar-refractivity contribution in [1.82, 2.24) is 9.62 Å². The minimum atomic E-state index is -3.12. The third-order valence-electron chi connectivity index (χ3n) is 4.52. The SMILES string of the molecule is CNCC(C)S(=O)(=O)N1CCCC1C1CCCC1. The minimum absolute atomic E-state index is 0.289. The third-order valence-corrected chi connectivity index (χ3v) is 6.81. The van der Waals surface area contributed by atoms with Crippen molar-refractivity contribution in [2.75, 3.05) is 20.1 Å². The predicted octanol–water partition coefficient (Wildman–Crippen LogP) is 1.58. The summed E-state index contributed by atoms with van der Waals surface area (Å²) in [6, 6.07) is 0.289. The molecule has 1 saturated carbocycles. The summed E-state index contributed by atoms with van der Waals surface area (Å²) in [5, 5.41) is 2.66. The molecule has 0 spiro atoms. The Morgan fingerprint density at radius 1 is 1.22 bits per heavy atom. The van der Waals surface area contributed by atoms with Gasteiger partial charge in [0.15, 0.2) is 0 Å². The van der Waals surface area contributed by atoms with E-state index in [1.165, 1.54) is 25.7 Å². The molecule has 0 bridgehead atoms. The highest BCUT2D eigenvalue weighted by Crippen LogP contribution is 2.37. The van der Waals surface area contributed by atoms with E-state index in [-0.39, 0.29) is 11.3 Å². The second kappa shape index (κ2) is 5.88. The van der Waals surface area contributed by atoms with Crippen LogP contribution in [0.15, 0.2) is 0 Å². The van der Waals surface area contributed by atoms with Crippen LogP contribution in [0.2, 0.25) is 0 Å². The van der Waals surface area contributed by atoms with E-state index in [0.29, 0.717) is 12.5 Å². The number of hydrogen-bond donors (Lipinski definition) is 1. The van der Waals surface area contributed by atoms with E-state index in [1.54, 1.807) is 0 Å². The van der Waals surface area contributed by atoms with Crippen molar-refractivity contribution < 1.29 is 8.42 Å². The van der Waals surface area contributed by atoms with Gasteiger partial charge in [-0.3, -0.25) is 0 Å². The Kier molecular flexibility index (Phi) is 4.67. The lowest BCUT2D eigenvalue weighted by molar-refractivity contribution is 0.286. The first-order valence-electron chi connectivity index (χ1n) is 7.22. The van der Waals surface area contributed by atoms with Crippen LogP contribution in [-0.4, -0.2) is 44.2 Å². The molecule has 2 fully saturated rings. The van der Waals surface area contributed by atoms with Gasteiger partial charge in [-0.1, -0.05) is 12.8 Å². The summed E-state index contributed by atoms with van der Waals surface area (Å²) in [5.74, 6) is 0.615. The van der Waals surface area contributed by atoms with E-state index in [4.69, 9.17) is 0 Å². The molecular weight excluding hydrogens is 248 g/mol. The molecule has 0 aromatic carbocycles. The van der Waals surface area contributed by atoms with Crippen molar-refractivity contribution in [1.29, 1.82) is 0 Å². The molecule has 5 heteroatoms. The highest BCUT2D eigenvalue weighted by molar-refractivity contribution is 7.89. The number of nitrogens with one attached hydrogen (secondary N) is 1. The first kappa shape index (κ1) is 14.3. The molecule has 18 heavy (non-hydrogen) atoms. The van der Waals surface area contributed by atoms with Gasteiger partial charge in [-0.05, 0) is 45.6 Å². The van der Waals surface area contributed by atoms with Crippen LogP contribution >= 0.6 is 0 Å². The van der Waals surface area contributed by atoms with E-state index >= 15 is 0 Å². The zero-order valence-corrected chi connectivity index (χ0v) is 12.4. The maximum absolute atomic E-state index is 12.6. The molecule has 0 aromatic rings. The van der Waals surface area contributed by atoms with Crippen molar-refractivity contribution in [3.05, 3.63) is 0 Å². The van der Waals surface area contributed by atoms with Crippen LogP contribution in [0.5, 0.6) is 0 Å². The van der Waals surface area contributed by atoms with Crippen LogP contribution in [0.3, 0.4) is 0 Å². The van der Waals surface area contributed by atoms with Crippen LogP contribution in [0.4, 0.5) is 0 Å². The Bertz CT molecular complexity index is 363. The Hall–Kier alpha value is -0.130. The van der Waals surface area contributed by atoms with E-state index in [1.807, 2.05) is 18.3 Å². The van der Waals surface area contributed by atoms with Crippen molar-refractivity contribution in [2.24, 2.45) is 5.92 Å². The standard InChI is InChI=1S/C13H26N2O2S/c1-11(10-14-2)18(16,17)15-9-5-8-13(15)12-6-3-4-7-12/h11-14H,3-10H2,1-2H3. The van der Waals surface area contributed by atoms with Gasteiger partial charge in [-0.25, -0.2) is 8.42 Å². The molecule has 2 aliphatic rings. The molecule has 1 aliphatic heterocycles. The Balaban J connectivity index is 2.10. The van der Waals surface area contributed by atoms with E-state index in [9.17, 15) is 8.42 Å². The molecule has 0 radical (unpaired) electrons. The van der Waals surface area contributed by atoms with Crippen molar-refractivity contribution in [3.8, 4) is 0 Å². The fraction of sp³-hybridized carbons (Fsp3) is 1.00. The fourth-order valence-corrected chi connectivity index (χ4v) is 5.40. The maximum Gasteiger partial charge on any atom is 0.218 e. The molecule has 1 saturated heterocycles. The first-order valence-corrected chi connectivity index (χ1v) is 8.73. The van der Waals surface area contributed by atoms with Gasteiger partial charge in [-0.15, -0.1) is 0 Å². The van der Waals surface area contributed by atoms with Gasteiger partial charge >= 0.3 is 0 Å². The third kappa shape index (κ3) is 2.73. The lowest BCUT2D eigenvalue weighted by Gasteiger charge is -2.30. The summed E-state index contributed by atoms with van der Waals surface area (Å²) in [7, 11) is -1.31. The molecule has 4 nitrogen and oxygen atoms in total.